The third-order valence-electron chi connectivity index (χ3n) is 3.35. The molecule has 8 heteroatoms. The van der Waals surface area contributed by atoms with Crippen LogP contribution >= 0.6 is 24.8 Å². The van der Waals surface area contributed by atoms with Crippen LogP contribution in [0.5, 0.6) is 0 Å². The zero-order chi connectivity index (χ0) is 14.1. The molecular formula is C13H28Cl2N4O2. The lowest BCUT2D eigenvalue weighted by molar-refractivity contribution is -0.132. The van der Waals surface area contributed by atoms with Crippen LogP contribution in [-0.4, -0.2) is 75.0 Å². The molecule has 1 aliphatic rings. The van der Waals surface area contributed by atoms with Crippen LogP contribution in [-0.2, 0) is 9.59 Å². The molecule has 21 heavy (non-hydrogen) atoms. The van der Waals surface area contributed by atoms with Gasteiger partial charge in [-0.15, -0.1) is 24.8 Å². The minimum Gasteiger partial charge on any atom is -0.356 e. The molecule has 0 spiro atoms. The van der Waals surface area contributed by atoms with E-state index in [1.54, 1.807) is 0 Å². The highest BCUT2D eigenvalue weighted by Gasteiger charge is 2.18. The molecule has 2 N–H and O–H groups in total. The lowest BCUT2D eigenvalue weighted by atomic mass is 10.2. The van der Waals surface area contributed by atoms with E-state index in [0.29, 0.717) is 19.4 Å². The van der Waals surface area contributed by atoms with Crippen molar-refractivity contribution in [2.75, 3.05) is 53.4 Å². The second kappa shape index (κ2) is 13.1. The van der Waals surface area contributed by atoms with Crippen molar-refractivity contribution in [3.8, 4) is 0 Å². The minimum atomic E-state index is 0. The smallest absolute Gasteiger partial charge is 0.224 e. The van der Waals surface area contributed by atoms with Gasteiger partial charge in [-0.2, -0.15) is 0 Å². The van der Waals surface area contributed by atoms with E-state index in [0.717, 1.165) is 39.1 Å². The Labute approximate surface area is 139 Å². The summed E-state index contributed by atoms with van der Waals surface area (Å²) in [4.78, 5) is 27.4. The van der Waals surface area contributed by atoms with E-state index in [1.165, 1.54) is 0 Å². The first-order valence-electron chi connectivity index (χ1n) is 7.01. The van der Waals surface area contributed by atoms with E-state index >= 15 is 0 Å². The van der Waals surface area contributed by atoms with Crippen LogP contribution in [0.3, 0.4) is 0 Å². The highest BCUT2D eigenvalue weighted by molar-refractivity contribution is 5.85. The molecule has 0 aromatic carbocycles. The Bertz CT molecular complexity index is 298. The van der Waals surface area contributed by atoms with Crippen molar-refractivity contribution in [3.63, 3.8) is 0 Å². The molecule has 6 nitrogen and oxygen atoms in total. The van der Waals surface area contributed by atoms with E-state index in [9.17, 15) is 9.59 Å². The van der Waals surface area contributed by atoms with E-state index in [-0.39, 0.29) is 36.6 Å². The van der Waals surface area contributed by atoms with Gasteiger partial charge < -0.3 is 20.4 Å². The zero-order valence-electron chi connectivity index (χ0n) is 12.9. The predicted molar refractivity (Wildman–Crippen MR) is 89.4 cm³/mol. The number of nitrogens with one attached hydrogen (secondary N) is 2. The number of hydrogen-bond acceptors (Lipinski definition) is 4. The maximum Gasteiger partial charge on any atom is 0.224 e. The molecule has 1 saturated heterocycles. The average molecular weight is 343 g/mol. The largest absolute Gasteiger partial charge is 0.356 e. The van der Waals surface area contributed by atoms with Gasteiger partial charge in [0.2, 0.25) is 11.8 Å². The Balaban J connectivity index is 0. The van der Waals surface area contributed by atoms with E-state index in [4.69, 9.17) is 0 Å². The van der Waals surface area contributed by atoms with Crippen molar-refractivity contribution in [2.45, 2.75) is 19.3 Å². The summed E-state index contributed by atoms with van der Waals surface area (Å²) in [6, 6.07) is 0. The Kier molecular flexibility index (Phi) is 14.2. The number of piperazine rings is 1. The molecule has 1 heterocycles. The van der Waals surface area contributed by atoms with Gasteiger partial charge in [0.05, 0.1) is 0 Å². The van der Waals surface area contributed by atoms with Gasteiger partial charge >= 0.3 is 0 Å². The minimum absolute atomic E-state index is 0. The van der Waals surface area contributed by atoms with Gasteiger partial charge in [-0.05, 0) is 27.1 Å². The Morgan fingerprint density at radius 1 is 1.00 bits per heavy atom. The highest BCUT2D eigenvalue weighted by atomic mass is 35.5. The second-order valence-corrected chi connectivity index (χ2v) is 4.99. The summed E-state index contributed by atoms with van der Waals surface area (Å²) in [6.07, 6.45) is 1.75. The summed E-state index contributed by atoms with van der Waals surface area (Å²) >= 11 is 0. The number of likely N-dealkylation sites (N-methyl/N-ethyl adjacent to an activating group) is 1. The van der Waals surface area contributed by atoms with Crippen LogP contribution in [0.2, 0.25) is 0 Å². The predicted octanol–water partition coefficient (Wildman–Crippen LogP) is 0.110. The van der Waals surface area contributed by atoms with Crippen LogP contribution < -0.4 is 10.6 Å². The molecule has 0 saturated carbocycles. The lowest BCUT2D eigenvalue weighted by Crippen LogP contribution is -2.47. The highest BCUT2D eigenvalue weighted by Crippen LogP contribution is 2.01. The molecule has 1 fully saturated rings. The van der Waals surface area contributed by atoms with Crippen molar-refractivity contribution in [2.24, 2.45) is 0 Å². The second-order valence-electron chi connectivity index (χ2n) is 4.99. The molecule has 0 radical (unpaired) electrons. The van der Waals surface area contributed by atoms with Gasteiger partial charge in [0.25, 0.3) is 0 Å². The maximum absolute atomic E-state index is 11.9. The van der Waals surface area contributed by atoms with Crippen molar-refractivity contribution in [3.05, 3.63) is 0 Å². The fourth-order valence-corrected chi connectivity index (χ4v) is 2.04. The SMILES string of the molecule is CNCCCC(=O)NCCC(=O)N1CCN(C)CC1.Cl.Cl. The van der Waals surface area contributed by atoms with Crippen LogP contribution in [0.1, 0.15) is 19.3 Å². The standard InChI is InChI=1S/C13H26N4O2.2ClH/c1-14-6-3-4-12(18)15-7-5-13(19)17-10-8-16(2)9-11-17;;/h14H,3-11H2,1-2H3,(H,15,18);2*1H. The molecule has 2 amide bonds. The Hall–Kier alpha value is -0.560. The van der Waals surface area contributed by atoms with Crippen molar-refractivity contribution in [1.29, 1.82) is 0 Å². The van der Waals surface area contributed by atoms with Crippen molar-refractivity contribution >= 4 is 36.6 Å². The molecule has 0 aliphatic carbocycles. The molecule has 0 bridgehead atoms. The number of nitrogens with zero attached hydrogens (tertiary/aromatic N) is 2. The topological polar surface area (TPSA) is 64.7 Å². The fourth-order valence-electron chi connectivity index (χ4n) is 2.04. The molecule has 126 valence electrons. The molecule has 1 rings (SSSR count). The number of rotatable bonds is 7. The quantitative estimate of drug-likeness (QED) is 0.644. The number of carbonyl (C=O) groups is 2. The molecule has 1 aliphatic heterocycles. The average Bonchev–Trinajstić information content (AvgIpc) is 2.39. The van der Waals surface area contributed by atoms with Crippen LogP contribution in [0.25, 0.3) is 0 Å². The number of carbonyl (C=O) groups excluding carboxylic acids is 2. The Morgan fingerprint density at radius 3 is 2.19 bits per heavy atom. The molecule has 0 aromatic rings. The molecule has 0 atom stereocenters. The summed E-state index contributed by atoms with van der Waals surface area (Å²) in [5, 5.41) is 5.79. The van der Waals surface area contributed by atoms with Crippen LogP contribution in [0, 0.1) is 0 Å². The van der Waals surface area contributed by atoms with Gasteiger partial charge in [-0.1, -0.05) is 0 Å². The molecule has 0 aromatic heterocycles. The van der Waals surface area contributed by atoms with E-state index in [2.05, 4.69) is 22.6 Å². The summed E-state index contributed by atoms with van der Waals surface area (Å²) < 4.78 is 0. The number of hydrogen-bond donors (Lipinski definition) is 2. The summed E-state index contributed by atoms with van der Waals surface area (Å²) in [6.45, 7) is 4.75. The van der Waals surface area contributed by atoms with Gasteiger partial charge in [-0.3, -0.25) is 9.59 Å². The third kappa shape index (κ3) is 9.90. The van der Waals surface area contributed by atoms with Gasteiger partial charge in [0.15, 0.2) is 0 Å². The van der Waals surface area contributed by atoms with Gasteiger partial charge in [0, 0.05) is 45.6 Å². The first kappa shape index (κ1) is 22.7. The van der Waals surface area contributed by atoms with Crippen LogP contribution in [0.4, 0.5) is 0 Å². The molecular weight excluding hydrogens is 315 g/mol. The fraction of sp³-hybridized carbons (Fsp3) is 0.846. The van der Waals surface area contributed by atoms with Gasteiger partial charge in [-0.25, -0.2) is 0 Å². The number of amides is 2. The maximum atomic E-state index is 11.9. The summed E-state index contributed by atoms with van der Waals surface area (Å²) in [7, 11) is 3.93. The van der Waals surface area contributed by atoms with E-state index < -0.39 is 0 Å². The number of halogens is 2. The summed E-state index contributed by atoms with van der Waals surface area (Å²) in [5.74, 6) is 0.171. The summed E-state index contributed by atoms with van der Waals surface area (Å²) in [5.41, 5.74) is 0. The monoisotopic (exact) mass is 342 g/mol. The van der Waals surface area contributed by atoms with Crippen molar-refractivity contribution < 1.29 is 9.59 Å². The lowest BCUT2D eigenvalue weighted by Gasteiger charge is -2.32. The molecule has 0 unspecified atom stereocenters. The first-order chi connectivity index (χ1) is 9.13. The van der Waals surface area contributed by atoms with Gasteiger partial charge in [0.1, 0.15) is 0 Å². The van der Waals surface area contributed by atoms with E-state index in [1.807, 2.05) is 11.9 Å². The van der Waals surface area contributed by atoms with Crippen LogP contribution in [0.15, 0.2) is 0 Å². The Morgan fingerprint density at radius 2 is 1.62 bits per heavy atom. The zero-order valence-corrected chi connectivity index (χ0v) is 14.5. The third-order valence-corrected chi connectivity index (χ3v) is 3.35. The first-order valence-corrected chi connectivity index (χ1v) is 7.01. The van der Waals surface area contributed by atoms with Crippen molar-refractivity contribution in [1.82, 2.24) is 20.4 Å². The normalized spacial score (nSPS) is 14.9.